The number of carboxylic acid groups (broad SMARTS) is 1. The summed E-state index contributed by atoms with van der Waals surface area (Å²) in [4.78, 5) is 22.2. The van der Waals surface area contributed by atoms with Gasteiger partial charge in [-0.1, -0.05) is 0 Å². The number of esters is 1. The molecule has 0 radical (unpaired) electrons. The van der Waals surface area contributed by atoms with Gasteiger partial charge in [0.05, 0.1) is 0 Å². The molecule has 0 bridgehead atoms. The fourth-order valence-corrected chi connectivity index (χ4v) is 2.22. The first-order chi connectivity index (χ1) is 10.5. The third kappa shape index (κ3) is 8.04. The zero-order chi connectivity index (χ0) is 16.4. The topological polar surface area (TPSA) is 102 Å². The van der Waals surface area contributed by atoms with Crippen molar-refractivity contribution in [1.82, 2.24) is 5.32 Å². The van der Waals surface area contributed by atoms with Crippen molar-refractivity contribution < 1.29 is 19.4 Å². The van der Waals surface area contributed by atoms with E-state index in [1.165, 1.54) is 0 Å². The zero-order valence-corrected chi connectivity index (χ0v) is 13.9. The number of nitrogens with two attached hydrogens (primary N) is 1. The van der Waals surface area contributed by atoms with Crippen LogP contribution in [0.3, 0.4) is 0 Å². The van der Waals surface area contributed by atoms with Crippen LogP contribution >= 0.6 is 0 Å². The maximum atomic E-state index is 11.6. The second-order valence-electron chi connectivity index (χ2n) is 4.76. The average molecular weight is 371 g/mol. The van der Waals surface area contributed by atoms with E-state index in [0.29, 0.717) is 13.1 Å². The van der Waals surface area contributed by atoms with E-state index in [0.717, 1.165) is 9.98 Å². The van der Waals surface area contributed by atoms with Crippen molar-refractivity contribution in [2.75, 3.05) is 13.1 Å². The van der Waals surface area contributed by atoms with Crippen LogP contribution in [-0.2, 0) is 20.9 Å². The van der Waals surface area contributed by atoms with Gasteiger partial charge in [0, 0.05) is 0 Å². The third-order valence-corrected chi connectivity index (χ3v) is 3.49. The van der Waals surface area contributed by atoms with Crippen molar-refractivity contribution >= 4 is 31.9 Å². The molecule has 0 aliphatic carbocycles. The molecule has 0 saturated carbocycles. The van der Waals surface area contributed by atoms with Gasteiger partial charge in [-0.2, -0.15) is 0 Å². The van der Waals surface area contributed by atoms with Crippen LogP contribution in [0.15, 0.2) is 30.3 Å². The molecule has 6 nitrogen and oxygen atoms in total. The molecule has 0 aliphatic heterocycles. The molecule has 1 atom stereocenters. The second kappa shape index (κ2) is 10.2. The Morgan fingerprint density at radius 2 is 2.00 bits per heavy atom. The summed E-state index contributed by atoms with van der Waals surface area (Å²) in [7, 11) is 0. The predicted octanol–water partition coefficient (Wildman–Crippen LogP) is -0.148. The van der Waals surface area contributed by atoms with Crippen LogP contribution in [-0.4, -0.2) is 56.2 Å². The van der Waals surface area contributed by atoms with Gasteiger partial charge in [0.1, 0.15) is 0 Å². The first kappa shape index (κ1) is 18.5. The van der Waals surface area contributed by atoms with Crippen molar-refractivity contribution in [2.45, 2.75) is 25.5 Å². The fraction of sp³-hybridized carbons (Fsp3) is 0.400. The van der Waals surface area contributed by atoms with Crippen LogP contribution in [0.4, 0.5) is 0 Å². The summed E-state index contributed by atoms with van der Waals surface area (Å²) >= 11 is 2.79. The number of nitrogens with one attached hydrogen (secondary N) is 1. The van der Waals surface area contributed by atoms with Crippen LogP contribution in [0.1, 0.15) is 18.4 Å². The SMILES string of the molecule is NC(CC(=[Se])CNCCC(=O)OCc1ccccc1)C(=O)O. The van der Waals surface area contributed by atoms with E-state index in [1.807, 2.05) is 30.3 Å². The van der Waals surface area contributed by atoms with Crippen LogP contribution in [0.2, 0.25) is 0 Å². The molecule has 0 heterocycles. The van der Waals surface area contributed by atoms with E-state index in [4.69, 9.17) is 15.6 Å². The monoisotopic (exact) mass is 372 g/mol. The number of rotatable bonds is 10. The molecular formula is C15H20N2O4Se. The molecule has 4 N–H and O–H groups in total. The van der Waals surface area contributed by atoms with Crippen LogP contribution in [0, 0.1) is 0 Å². The molecule has 7 heteroatoms. The molecule has 1 aromatic carbocycles. The van der Waals surface area contributed by atoms with Gasteiger partial charge >= 0.3 is 137 Å². The number of carbonyl (C=O) groups is 2. The van der Waals surface area contributed by atoms with Gasteiger partial charge in [-0.25, -0.2) is 0 Å². The Kier molecular flexibility index (Phi) is 8.62. The summed E-state index contributed by atoms with van der Waals surface area (Å²) in [6.45, 7) is 1.21. The number of carboxylic acids is 1. The van der Waals surface area contributed by atoms with Crippen LogP contribution in [0.25, 0.3) is 0 Å². The molecule has 120 valence electrons. The van der Waals surface area contributed by atoms with Gasteiger partial charge in [0.15, 0.2) is 0 Å². The fourth-order valence-electron chi connectivity index (χ4n) is 1.63. The number of benzene rings is 1. The molecule has 0 spiro atoms. The quantitative estimate of drug-likeness (QED) is 0.301. The van der Waals surface area contributed by atoms with Crippen molar-refractivity contribution in [2.24, 2.45) is 5.73 Å². The second-order valence-corrected chi connectivity index (χ2v) is 5.97. The molecule has 1 rings (SSSR count). The number of carbonyl (C=O) groups excluding carboxylic acids is 1. The summed E-state index contributed by atoms with van der Waals surface area (Å²) in [5, 5.41) is 11.7. The Morgan fingerprint density at radius 3 is 2.64 bits per heavy atom. The summed E-state index contributed by atoms with van der Waals surface area (Å²) in [6, 6.07) is 8.57. The van der Waals surface area contributed by atoms with Crippen LogP contribution < -0.4 is 11.1 Å². The molecule has 22 heavy (non-hydrogen) atoms. The Labute approximate surface area is 137 Å². The van der Waals surface area contributed by atoms with Crippen LogP contribution in [0.5, 0.6) is 0 Å². The molecule has 0 aliphatic rings. The first-order valence-electron chi connectivity index (χ1n) is 6.89. The minimum atomic E-state index is -1.03. The van der Waals surface area contributed by atoms with Gasteiger partial charge in [-0.15, -0.1) is 0 Å². The molecule has 0 amide bonds. The standard InChI is InChI=1S/C15H20N2O4Se/c16-13(15(19)20)8-12(22)9-17-7-6-14(18)21-10-11-4-2-1-3-5-11/h1-5,13,17H,6-10,16H2,(H,19,20). The number of hydrogen-bond donors (Lipinski definition) is 3. The number of ether oxygens (including phenoxy) is 1. The molecule has 0 saturated heterocycles. The molecular weight excluding hydrogens is 351 g/mol. The summed E-state index contributed by atoms with van der Waals surface area (Å²) in [5.41, 5.74) is 6.37. The van der Waals surface area contributed by atoms with Crippen molar-refractivity contribution in [3.63, 3.8) is 0 Å². The molecule has 0 aromatic heterocycles. The third-order valence-electron chi connectivity index (χ3n) is 2.84. The van der Waals surface area contributed by atoms with Gasteiger partial charge in [-0.05, 0) is 0 Å². The van der Waals surface area contributed by atoms with Crippen molar-refractivity contribution in [1.29, 1.82) is 0 Å². The summed E-state index contributed by atoms with van der Waals surface area (Å²) in [6.07, 6.45) is 0.520. The van der Waals surface area contributed by atoms with E-state index < -0.39 is 12.0 Å². The summed E-state index contributed by atoms with van der Waals surface area (Å²) < 4.78 is 5.95. The summed E-state index contributed by atoms with van der Waals surface area (Å²) in [5.74, 6) is -1.31. The van der Waals surface area contributed by atoms with E-state index in [2.05, 4.69) is 20.9 Å². The van der Waals surface area contributed by atoms with E-state index >= 15 is 0 Å². The van der Waals surface area contributed by atoms with Gasteiger partial charge < -0.3 is 0 Å². The van der Waals surface area contributed by atoms with Crippen molar-refractivity contribution in [3.05, 3.63) is 35.9 Å². The van der Waals surface area contributed by atoms with E-state index in [1.54, 1.807) is 0 Å². The first-order valence-corrected chi connectivity index (χ1v) is 7.75. The number of hydrogen-bond acceptors (Lipinski definition) is 5. The Hall–Kier alpha value is -1.53. The Morgan fingerprint density at radius 1 is 1.32 bits per heavy atom. The van der Waals surface area contributed by atoms with Crippen molar-refractivity contribution in [3.8, 4) is 0 Å². The minimum absolute atomic E-state index is 0.255. The van der Waals surface area contributed by atoms with Gasteiger partial charge in [0.25, 0.3) is 0 Å². The Balaban J connectivity index is 2.10. The zero-order valence-electron chi connectivity index (χ0n) is 12.2. The average Bonchev–Trinajstić information content (AvgIpc) is 2.50. The van der Waals surface area contributed by atoms with Gasteiger partial charge in [-0.3, -0.25) is 0 Å². The normalized spacial score (nSPS) is 11.7. The maximum absolute atomic E-state index is 11.6. The molecule has 1 unspecified atom stereocenters. The predicted molar refractivity (Wildman–Crippen MR) is 84.7 cm³/mol. The number of aliphatic carboxylic acids is 1. The van der Waals surface area contributed by atoms with E-state index in [-0.39, 0.29) is 25.4 Å². The van der Waals surface area contributed by atoms with E-state index in [9.17, 15) is 9.59 Å². The molecule has 0 fully saturated rings. The molecule has 1 aromatic rings. The Bertz CT molecular complexity index is 508. The van der Waals surface area contributed by atoms with Gasteiger partial charge in [0.2, 0.25) is 0 Å².